The predicted molar refractivity (Wildman–Crippen MR) is 144 cm³/mol. The van der Waals surface area contributed by atoms with Gasteiger partial charge in [-0.25, -0.2) is 0 Å². The zero-order chi connectivity index (χ0) is 26.6. The molecule has 0 aromatic heterocycles. The van der Waals surface area contributed by atoms with Gasteiger partial charge in [0.15, 0.2) is 6.10 Å². The molecule has 5 rings (SSSR count). The third-order valence-corrected chi connectivity index (χ3v) is 7.81. The van der Waals surface area contributed by atoms with Gasteiger partial charge in [-0.1, -0.05) is 42.0 Å². The van der Waals surface area contributed by atoms with E-state index in [4.69, 9.17) is 23.7 Å². The van der Waals surface area contributed by atoms with Crippen LogP contribution in [0.4, 0.5) is 0 Å². The highest BCUT2D eigenvalue weighted by Gasteiger charge is 2.44. The minimum atomic E-state index is -0.814. The van der Waals surface area contributed by atoms with Crippen LogP contribution in [0.2, 0.25) is 0 Å². The van der Waals surface area contributed by atoms with Crippen molar-refractivity contribution < 1.29 is 33.3 Å². The SMILES string of the molecule is CS[C@@H]1[CH][C@@H](OC(C)=O)[C@H](OC(C)=O)[C@H](c2ccc(C3CC3)c(C(C3=CC=CCC3)C3=COC=CO3)c2)O1. The van der Waals surface area contributed by atoms with E-state index in [2.05, 4.69) is 30.4 Å². The maximum atomic E-state index is 12.1. The second kappa shape index (κ2) is 11.8. The molecular weight excluding hydrogens is 504 g/mol. The number of ether oxygens (including phenoxy) is 5. The van der Waals surface area contributed by atoms with Crippen LogP contribution in [0.15, 0.2) is 66.5 Å². The van der Waals surface area contributed by atoms with Gasteiger partial charge in [-0.2, -0.15) is 0 Å². The van der Waals surface area contributed by atoms with Crippen molar-refractivity contribution in [3.05, 3.63) is 89.7 Å². The number of thioether (sulfide) groups is 1. The molecule has 2 aliphatic carbocycles. The average molecular weight is 538 g/mol. The lowest BCUT2D eigenvalue weighted by molar-refractivity contribution is -0.187. The molecule has 1 radical (unpaired) electrons. The lowest BCUT2D eigenvalue weighted by Gasteiger charge is -2.40. The van der Waals surface area contributed by atoms with E-state index >= 15 is 0 Å². The van der Waals surface area contributed by atoms with Crippen molar-refractivity contribution in [2.45, 2.75) is 75.1 Å². The smallest absolute Gasteiger partial charge is 0.303 e. The van der Waals surface area contributed by atoms with E-state index in [1.807, 2.05) is 12.3 Å². The average Bonchev–Trinajstić information content (AvgIpc) is 3.76. The summed E-state index contributed by atoms with van der Waals surface area (Å²) in [6, 6.07) is 6.36. The summed E-state index contributed by atoms with van der Waals surface area (Å²) in [5.41, 5.74) is 4.15. The zero-order valence-corrected chi connectivity index (χ0v) is 22.6. The fourth-order valence-corrected chi connectivity index (χ4v) is 5.86. The Labute approximate surface area is 227 Å². The topological polar surface area (TPSA) is 80.3 Å². The Balaban J connectivity index is 1.60. The monoisotopic (exact) mass is 537 g/mol. The van der Waals surface area contributed by atoms with Crippen LogP contribution in [-0.4, -0.2) is 35.8 Å². The Hall–Kier alpha value is -2.97. The summed E-state index contributed by atoms with van der Waals surface area (Å²) in [5.74, 6) is 0.166. The molecule has 0 bridgehead atoms. The zero-order valence-electron chi connectivity index (χ0n) is 21.8. The minimum absolute atomic E-state index is 0.136. The summed E-state index contributed by atoms with van der Waals surface area (Å²) in [7, 11) is 0. The summed E-state index contributed by atoms with van der Waals surface area (Å²) in [6.07, 6.45) is 16.8. The van der Waals surface area contributed by atoms with E-state index in [1.54, 1.807) is 18.9 Å². The van der Waals surface area contributed by atoms with Crippen molar-refractivity contribution >= 4 is 23.7 Å². The molecule has 1 saturated carbocycles. The lowest BCUT2D eigenvalue weighted by atomic mass is 9.80. The van der Waals surface area contributed by atoms with Crippen LogP contribution >= 0.6 is 11.8 Å². The molecule has 0 amide bonds. The molecule has 1 aromatic carbocycles. The Morgan fingerprint density at radius 3 is 2.55 bits per heavy atom. The highest BCUT2D eigenvalue weighted by Crippen LogP contribution is 2.49. The van der Waals surface area contributed by atoms with Crippen LogP contribution in [0.5, 0.6) is 0 Å². The van der Waals surface area contributed by atoms with Crippen molar-refractivity contribution in [2.75, 3.05) is 6.26 Å². The van der Waals surface area contributed by atoms with Crippen LogP contribution in [0.3, 0.4) is 0 Å². The molecule has 7 nitrogen and oxygen atoms in total. The summed E-state index contributed by atoms with van der Waals surface area (Å²) in [5, 5.41) is 0. The summed E-state index contributed by atoms with van der Waals surface area (Å²) in [6.45, 7) is 2.70. The van der Waals surface area contributed by atoms with E-state index in [-0.39, 0.29) is 11.4 Å². The Kier molecular flexibility index (Phi) is 8.29. The van der Waals surface area contributed by atoms with Crippen LogP contribution in [0, 0.1) is 6.42 Å². The quantitative estimate of drug-likeness (QED) is 0.368. The van der Waals surface area contributed by atoms with Crippen LogP contribution in [0.1, 0.15) is 74.2 Å². The van der Waals surface area contributed by atoms with Gasteiger partial charge in [-0.05, 0) is 54.5 Å². The molecule has 1 unspecified atom stereocenters. The molecule has 2 fully saturated rings. The largest absolute Gasteiger partial charge is 0.466 e. The number of benzene rings is 1. The number of hydrogen-bond donors (Lipinski definition) is 0. The molecule has 201 valence electrons. The van der Waals surface area contributed by atoms with Gasteiger partial charge < -0.3 is 23.7 Å². The van der Waals surface area contributed by atoms with Gasteiger partial charge in [-0.15, -0.1) is 11.8 Å². The van der Waals surface area contributed by atoms with Crippen LogP contribution in [0.25, 0.3) is 0 Å². The lowest BCUT2D eigenvalue weighted by Crippen LogP contribution is -2.47. The van der Waals surface area contributed by atoms with Crippen LogP contribution in [-0.2, 0) is 33.3 Å². The van der Waals surface area contributed by atoms with Crippen LogP contribution < -0.4 is 0 Å². The van der Waals surface area contributed by atoms with Gasteiger partial charge in [0, 0.05) is 20.3 Å². The molecule has 2 heterocycles. The standard InChI is InChI=1S/C30H33O7S/c1-18(31)35-25-16-27(38-3)37-29(30(25)36-19(2)32)22-11-12-23(20-9-10-20)24(15-22)28(21-7-5-4-6-8-21)26-17-33-13-14-34-26/h4-5,7,11-17,20,25,27-30H,6,8-10H2,1-3H3/t25-,27-,28?,29+,30+/m1/s1. The molecule has 0 N–H and O–H groups in total. The van der Waals surface area contributed by atoms with E-state index in [9.17, 15) is 9.59 Å². The first-order chi connectivity index (χ1) is 18.4. The summed E-state index contributed by atoms with van der Waals surface area (Å²) >= 11 is 1.49. The van der Waals surface area contributed by atoms with Gasteiger partial charge in [0.25, 0.3) is 0 Å². The minimum Gasteiger partial charge on any atom is -0.466 e. The molecule has 8 heteroatoms. The Bertz CT molecular complexity index is 1180. The van der Waals surface area contributed by atoms with Crippen molar-refractivity contribution in [3.8, 4) is 0 Å². The maximum Gasteiger partial charge on any atom is 0.303 e. The summed E-state index contributed by atoms with van der Waals surface area (Å²) < 4.78 is 29.2. The molecule has 2 aliphatic heterocycles. The predicted octanol–water partition coefficient (Wildman–Crippen LogP) is 6.11. The number of esters is 2. The fourth-order valence-electron chi connectivity index (χ4n) is 5.32. The highest BCUT2D eigenvalue weighted by molar-refractivity contribution is 7.99. The molecule has 1 aromatic rings. The normalized spacial score (nSPS) is 27.3. The van der Waals surface area contributed by atoms with E-state index < -0.39 is 30.3 Å². The van der Waals surface area contributed by atoms with E-state index in [0.717, 1.165) is 42.6 Å². The van der Waals surface area contributed by atoms with Crippen molar-refractivity contribution in [2.24, 2.45) is 0 Å². The third-order valence-electron chi connectivity index (χ3n) is 7.08. The Morgan fingerprint density at radius 2 is 1.92 bits per heavy atom. The number of allylic oxidation sites excluding steroid dienone is 4. The molecule has 1 saturated heterocycles. The Morgan fingerprint density at radius 1 is 1.11 bits per heavy atom. The molecule has 5 atom stereocenters. The van der Waals surface area contributed by atoms with Gasteiger partial charge >= 0.3 is 11.9 Å². The summed E-state index contributed by atoms with van der Waals surface area (Å²) in [4.78, 5) is 24.0. The van der Waals surface area contributed by atoms with Crippen molar-refractivity contribution in [1.29, 1.82) is 0 Å². The number of carbonyl (C=O) groups is 2. The molecule has 0 spiro atoms. The molecular formula is C30H33O7S. The van der Waals surface area contributed by atoms with Crippen molar-refractivity contribution in [3.63, 3.8) is 0 Å². The van der Waals surface area contributed by atoms with Gasteiger partial charge in [0.1, 0.15) is 42.2 Å². The molecule has 38 heavy (non-hydrogen) atoms. The number of hydrogen-bond acceptors (Lipinski definition) is 8. The molecule has 4 aliphatic rings. The second-order valence-electron chi connectivity index (χ2n) is 9.85. The maximum absolute atomic E-state index is 12.1. The fraction of sp³-hybridized carbons (Fsp3) is 0.433. The van der Waals surface area contributed by atoms with Gasteiger partial charge in [0.05, 0.1) is 5.92 Å². The first-order valence-electron chi connectivity index (χ1n) is 13.0. The number of carbonyl (C=O) groups excluding carboxylic acids is 2. The first-order valence-corrected chi connectivity index (χ1v) is 14.3. The van der Waals surface area contributed by atoms with E-state index in [0.29, 0.717) is 5.92 Å². The first kappa shape index (κ1) is 26.6. The van der Waals surface area contributed by atoms with Crippen molar-refractivity contribution in [1.82, 2.24) is 0 Å². The van der Waals surface area contributed by atoms with E-state index in [1.165, 1.54) is 43.0 Å². The second-order valence-corrected chi connectivity index (χ2v) is 10.8. The van der Waals surface area contributed by atoms with Gasteiger partial charge in [-0.3, -0.25) is 9.59 Å². The van der Waals surface area contributed by atoms with Gasteiger partial charge in [0.2, 0.25) is 0 Å². The third kappa shape index (κ3) is 6.02. The highest BCUT2D eigenvalue weighted by atomic mass is 32.2. The number of rotatable bonds is 8.